The molecule has 0 bridgehead atoms. The number of thiocarbonyl (C=S) groups is 1. The van der Waals surface area contributed by atoms with Gasteiger partial charge in [-0.2, -0.15) is 0 Å². The van der Waals surface area contributed by atoms with Crippen LogP contribution >= 0.6 is 12.2 Å². The minimum absolute atomic E-state index is 0.179. The number of carbonyl (C=O) groups excluding carboxylic acids is 1. The Morgan fingerprint density at radius 1 is 0.821 bits per heavy atom. The van der Waals surface area contributed by atoms with Gasteiger partial charge in [-0.15, -0.1) is 0 Å². The van der Waals surface area contributed by atoms with Gasteiger partial charge in [-0.05, 0) is 48.8 Å². The highest BCUT2D eigenvalue weighted by Gasteiger charge is 2.22. The fraction of sp³-hybridized carbons (Fsp3) is 0.130. The molecule has 0 spiro atoms. The van der Waals surface area contributed by atoms with Crippen molar-refractivity contribution in [1.29, 1.82) is 0 Å². The molecule has 1 amide bonds. The molecule has 0 aromatic heterocycles. The Kier molecular flexibility index (Phi) is 6.40. The smallest absolute Gasteiger partial charge is 0.250 e. The second kappa shape index (κ2) is 9.15. The molecule has 0 saturated carbocycles. The van der Waals surface area contributed by atoms with Crippen LogP contribution in [-0.4, -0.2) is 11.0 Å². The number of anilines is 1. The molecule has 0 atom stereocenters. The van der Waals surface area contributed by atoms with Crippen molar-refractivity contribution in [2.75, 3.05) is 5.32 Å². The number of hydrogen-bond donors (Lipinski definition) is 3. The van der Waals surface area contributed by atoms with Gasteiger partial charge in [0.05, 0.1) is 5.92 Å². The molecule has 0 aliphatic heterocycles. The van der Waals surface area contributed by atoms with E-state index in [1.165, 1.54) is 5.56 Å². The van der Waals surface area contributed by atoms with Gasteiger partial charge < -0.3 is 5.32 Å². The maximum absolute atomic E-state index is 13.0. The summed E-state index contributed by atoms with van der Waals surface area (Å²) < 4.78 is 0. The van der Waals surface area contributed by atoms with Crippen LogP contribution in [0.2, 0.25) is 0 Å². The monoisotopic (exact) mass is 389 g/mol. The summed E-state index contributed by atoms with van der Waals surface area (Å²) in [6.07, 6.45) is 0. The van der Waals surface area contributed by atoms with E-state index in [2.05, 4.69) is 22.2 Å². The normalized spacial score (nSPS) is 10.4. The summed E-state index contributed by atoms with van der Waals surface area (Å²) in [5.74, 6) is -0.610. The molecule has 5 heteroatoms. The molecule has 0 radical (unpaired) electrons. The molecule has 28 heavy (non-hydrogen) atoms. The van der Waals surface area contributed by atoms with Crippen molar-refractivity contribution in [2.45, 2.75) is 19.8 Å². The van der Waals surface area contributed by atoms with Crippen LogP contribution in [0, 0.1) is 13.8 Å². The highest BCUT2D eigenvalue weighted by atomic mass is 32.1. The van der Waals surface area contributed by atoms with Crippen molar-refractivity contribution in [1.82, 2.24) is 10.9 Å². The number of carbonyl (C=O) groups is 1. The van der Waals surface area contributed by atoms with Crippen molar-refractivity contribution in [3.8, 4) is 0 Å². The fourth-order valence-corrected chi connectivity index (χ4v) is 3.25. The van der Waals surface area contributed by atoms with Crippen LogP contribution in [0.1, 0.15) is 28.2 Å². The van der Waals surface area contributed by atoms with Gasteiger partial charge in [0, 0.05) is 5.69 Å². The lowest BCUT2D eigenvalue weighted by Gasteiger charge is -2.19. The van der Waals surface area contributed by atoms with Crippen molar-refractivity contribution >= 4 is 28.9 Å². The summed E-state index contributed by atoms with van der Waals surface area (Å²) >= 11 is 5.33. The summed E-state index contributed by atoms with van der Waals surface area (Å²) in [7, 11) is 0. The number of hydrazine groups is 1. The van der Waals surface area contributed by atoms with Gasteiger partial charge in [0.1, 0.15) is 0 Å². The molecule has 3 aromatic rings. The predicted molar refractivity (Wildman–Crippen MR) is 118 cm³/mol. The number of rotatable bonds is 4. The summed E-state index contributed by atoms with van der Waals surface area (Å²) in [6.45, 7) is 4.05. The van der Waals surface area contributed by atoms with E-state index in [1.54, 1.807) is 0 Å². The number of hydrogen-bond acceptors (Lipinski definition) is 2. The van der Waals surface area contributed by atoms with Crippen molar-refractivity contribution in [3.63, 3.8) is 0 Å². The fourth-order valence-electron chi connectivity index (χ4n) is 3.08. The standard InChI is InChI=1S/C23H23N3OS/c1-16-13-14-20(17(2)15-16)24-23(28)26-25-22(27)21(18-9-5-3-6-10-18)19-11-7-4-8-12-19/h3-15,21H,1-2H3,(H,25,27)(H2,24,26,28). The van der Waals surface area contributed by atoms with Crippen molar-refractivity contribution < 1.29 is 4.79 Å². The van der Waals surface area contributed by atoms with Gasteiger partial charge >= 0.3 is 0 Å². The Balaban J connectivity index is 1.69. The first-order valence-electron chi connectivity index (χ1n) is 9.08. The summed E-state index contributed by atoms with van der Waals surface area (Å²) in [4.78, 5) is 13.0. The molecular weight excluding hydrogens is 366 g/mol. The van der Waals surface area contributed by atoms with Gasteiger partial charge in [0.2, 0.25) is 5.91 Å². The van der Waals surface area contributed by atoms with E-state index in [9.17, 15) is 4.79 Å². The molecule has 3 aromatic carbocycles. The molecule has 142 valence electrons. The zero-order valence-corrected chi connectivity index (χ0v) is 16.7. The highest BCUT2D eigenvalue weighted by molar-refractivity contribution is 7.80. The third-order valence-electron chi connectivity index (χ3n) is 4.46. The molecule has 0 saturated heterocycles. The molecule has 0 aliphatic rings. The highest BCUT2D eigenvalue weighted by Crippen LogP contribution is 2.24. The van der Waals surface area contributed by atoms with Gasteiger partial charge in [-0.25, -0.2) is 0 Å². The Hall–Kier alpha value is -3.18. The van der Waals surface area contributed by atoms with E-state index in [0.29, 0.717) is 5.11 Å². The van der Waals surface area contributed by atoms with Crippen LogP contribution in [0.4, 0.5) is 5.69 Å². The first kappa shape index (κ1) is 19.6. The largest absolute Gasteiger partial charge is 0.331 e. The molecule has 4 nitrogen and oxygen atoms in total. The predicted octanol–water partition coefficient (Wildman–Crippen LogP) is 4.45. The van der Waals surface area contributed by atoms with Gasteiger partial charge in [-0.3, -0.25) is 15.6 Å². The Morgan fingerprint density at radius 3 is 1.93 bits per heavy atom. The third kappa shape index (κ3) is 4.96. The zero-order chi connectivity index (χ0) is 19.9. The molecular formula is C23H23N3OS. The molecule has 0 unspecified atom stereocenters. The Morgan fingerprint density at radius 2 is 1.39 bits per heavy atom. The van der Waals surface area contributed by atoms with E-state index < -0.39 is 5.92 Å². The first-order chi connectivity index (χ1) is 13.5. The van der Waals surface area contributed by atoms with Crippen molar-refractivity contribution in [2.24, 2.45) is 0 Å². The second-order valence-corrected chi connectivity index (χ2v) is 7.05. The molecule has 0 fully saturated rings. The van der Waals surface area contributed by atoms with E-state index in [0.717, 1.165) is 22.4 Å². The zero-order valence-electron chi connectivity index (χ0n) is 15.9. The summed E-state index contributed by atoms with van der Waals surface area (Å²) in [6, 6.07) is 25.4. The lowest BCUT2D eigenvalue weighted by molar-refractivity contribution is -0.122. The summed E-state index contributed by atoms with van der Waals surface area (Å²) in [5.41, 5.74) is 10.6. The van der Waals surface area contributed by atoms with Gasteiger partial charge in [0.25, 0.3) is 0 Å². The van der Waals surface area contributed by atoms with Gasteiger partial charge in [-0.1, -0.05) is 78.4 Å². The van der Waals surface area contributed by atoms with E-state index in [-0.39, 0.29) is 5.91 Å². The SMILES string of the molecule is Cc1ccc(NC(=S)NNC(=O)C(c2ccccc2)c2ccccc2)c(C)c1. The summed E-state index contributed by atoms with van der Waals surface area (Å²) in [5, 5.41) is 3.45. The minimum Gasteiger partial charge on any atom is -0.331 e. The lowest BCUT2D eigenvalue weighted by atomic mass is 9.91. The van der Waals surface area contributed by atoms with Crippen molar-refractivity contribution in [3.05, 3.63) is 101 Å². The quantitative estimate of drug-likeness (QED) is 0.456. The lowest BCUT2D eigenvalue weighted by Crippen LogP contribution is -2.46. The molecule has 3 N–H and O–H groups in total. The second-order valence-electron chi connectivity index (χ2n) is 6.64. The van der Waals surface area contributed by atoms with E-state index in [4.69, 9.17) is 12.2 Å². The van der Waals surface area contributed by atoms with Crippen LogP contribution in [0.5, 0.6) is 0 Å². The number of amides is 1. The Labute approximate surface area is 171 Å². The average molecular weight is 390 g/mol. The third-order valence-corrected chi connectivity index (χ3v) is 4.66. The molecule has 3 rings (SSSR count). The van der Waals surface area contributed by atoms with E-state index in [1.807, 2.05) is 86.6 Å². The van der Waals surface area contributed by atoms with Gasteiger partial charge in [0.15, 0.2) is 5.11 Å². The van der Waals surface area contributed by atoms with Crippen LogP contribution in [-0.2, 0) is 4.79 Å². The first-order valence-corrected chi connectivity index (χ1v) is 9.49. The minimum atomic E-state index is -0.432. The Bertz CT molecular complexity index is 919. The van der Waals surface area contributed by atoms with E-state index >= 15 is 0 Å². The van der Waals surface area contributed by atoms with Crippen LogP contribution in [0.3, 0.4) is 0 Å². The number of nitrogens with one attached hydrogen (secondary N) is 3. The van der Waals surface area contributed by atoms with Crippen LogP contribution in [0.15, 0.2) is 78.9 Å². The topological polar surface area (TPSA) is 53.2 Å². The molecule has 0 aliphatic carbocycles. The maximum atomic E-state index is 13.0. The average Bonchev–Trinajstić information content (AvgIpc) is 2.70. The van der Waals surface area contributed by atoms with Crippen LogP contribution < -0.4 is 16.2 Å². The maximum Gasteiger partial charge on any atom is 0.250 e. The number of aryl methyl sites for hydroxylation is 2. The van der Waals surface area contributed by atoms with Crippen LogP contribution in [0.25, 0.3) is 0 Å². The molecule has 0 heterocycles. The number of benzene rings is 3.